The standard InChI is InChI=1S/C15H11BrClNO3/c1-8-5-6-9(7-10(8)16)14(19)18-12-4-2-3-11(17)13(12)15(20)21/h2-7H,1H3,(H,18,19)(H,20,21). The fraction of sp³-hybridized carbons (Fsp3) is 0.0667. The van der Waals surface area contributed by atoms with Gasteiger partial charge in [0.1, 0.15) is 5.56 Å². The van der Waals surface area contributed by atoms with Gasteiger partial charge in [-0.2, -0.15) is 0 Å². The molecule has 0 aliphatic carbocycles. The van der Waals surface area contributed by atoms with E-state index in [0.717, 1.165) is 10.0 Å². The highest BCUT2D eigenvalue weighted by Gasteiger charge is 2.17. The molecule has 0 radical (unpaired) electrons. The largest absolute Gasteiger partial charge is 0.478 e. The summed E-state index contributed by atoms with van der Waals surface area (Å²) < 4.78 is 0.805. The molecule has 0 aromatic heterocycles. The maximum atomic E-state index is 12.2. The Bertz CT molecular complexity index is 731. The lowest BCUT2D eigenvalue weighted by Gasteiger charge is -2.10. The normalized spacial score (nSPS) is 10.2. The zero-order chi connectivity index (χ0) is 15.6. The van der Waals surface area contributed by atoms with Crippen molar-refractivity contribution in [2.75, 3.05) is 5.32 Å². The first kappa shape index (κ1) is 15.5. The van der Waals surface area contributed by atoms with Crippen molar-refractivity contribution in [1.82, 2.24) is 0 Å². The molecule has 2 aromatic rings. The molecule has 0 bridgehead atoms. The SMILES string of the molecule is Cc1ccc(C(=O)Nc2cccc(Cl)c2C(=O)O)cc1Br. The van der Waals surface area contributed by atoms with Crippen molar-refractivity contribution >= 4 is 45.1 Å². The number of rotatable bonds is 3. The number of carboxylic acids is 1. The summed E-state index contributed by atoms with van der Waals surface area (Å²) in [5.41, 5.74) is 1.46. The topological polar surface area (TPSA) is 66.4 Å². The van der Waals surface area contributed by atoms with Crippen LogP contribution in [-0.4, -0.2) is 17.0 Å². The number of benzene rings is 2. The Morgan fingerprint density at radius 3 is 2.57 bits per heavy atom. The quantitative estimate of drug-likeness (QED) is 0.846. The minimum Gasteiger partial charge on any atom is -0.478 e. The van der Waals surface area contributed by atoms with Crippen LogP contribution in [0.2, 0.25) is 5.02 Å². The number of hydrogen-bond donors (Lipinski definition) is 2. The van der Waals surface area contributed by atoms with Crippen LogP contribution in [0, 0.1) is 6.92 Å². The maximum absolute atomic E-state index is 12.2. The number of aromatic carboxylic acids is 1. The van der Waals surface area contributed by atoms with Crippen molar-refractivity contribution in [3.63, 3.8) is 0 Å². The van der Waals surface area contributed by atoms with Gasteiger partial charge in [0.15, 0.2) is 0 Å². The smallest absolute Gasteiger partial charge is 0.339 e. The van der Waals surface area contributed by atoms with Crippen molar-refractivity contribution in [3.05, 3.63) is 62.6 Å². The minimum atomic E-state index is -1.19. The summed E-state index contributed by atoms with van der Waals surface area (Å²) in [5, 5.41) is 11.8. The minimum absolute atomic E-state index is 0.0744. The molecule has 0 saturated heterocycles. The number of anilines is 1. The van der Waals surface area contributed by atoms with Crippen LogP contribution in [0.25, 0.3) is 0 Å². The van der Waals surface area contributed by atoms with E-state index in [9.17, 15) is 9.59 Å². The molecule has 1 amide bonds. The molecule has 2 rings (SSSR count). The molecule has 4 nitrogen and oxygen atoms in total. The fourth-order valence-corrected chi connectivity index (χ4v) is 2.41. The van der Waals surface area contributed by atoms with Gasteiger partial charge in [-0.05, 0) is 36.8 Å². The lowest BCUT2D eigenvalue weighted by atomic mass is 10.1. The molecule has 21 heavy (non-hydrogen) atoms. The highest BCUT2D eigenvalue weighted by atomic mass is 79.9. The molecule has 108 valence electrons. The Hall–Kier alpha value is -1.85. The van der Waals surface area contributed by atoms with Gasteiger partial charge in [-0.3, -0.25) is 4.79 Å². The van der Waals surface area contributed by atoms with E-state index in [0.29, 0.717) is 5.56 Å². The highest BCUT2D eigenvalue weighted by molar-refractivity contribution is 9.10. The lowest BCUT2D eigenvalue weighted by molar-refractivity contribution is 0.0698. The van der Waals surface area contributed by atoms with Crippen LogP contribution < -0.4 is 5.32 Å². The molecule has 0 aliphatic heterocycles. The Balaban J connectivity index is 2.34. The number of carbonyl (C=O) groups is 2. The predicted octanol–water partition coefficient (Wildman–Crippen LogP) is 4.36. The van der Waals surface area contributed by atoms with Crippen LogP contribution in [0.5, 0.6) is 0 Å². The fourth-order valence-electron chi connectivity index (χ4n) is 1.77. The van der Waals surface area contributed by atoms with E-state index in [-0.39, 0.29) is 16.3 Å². The van der Waals surface area contributed by atoms with Crippen molar-refractivity contribution in [2.24, 2.45) is 0 Å². The molecule has 2 N–H and O–H groups in total. The average molecular weight is 369 g/mol. The number of carbonyl (C=O) groups excluding carboxylic acids is 1. The van der Waals surface area contributed by atoms with Crippen LogP contribution in [0.15, 0.2) is 40.9 Å². The van der Waals surface area contributed by atoms with Crippen molar-refractivity contribution in [3.8, 4) is 0 Å². The number of carboxylic acid groups (broad SMARTS) is 1. The Morgan fingerprint density at radius 1 is 1.24 bits per heavy atom. The summed E-state index contributed by atoms with van der Waals surface area (Å²) in [4.78, 5) is 23.4. The van der Waals surface area contributed by atoms with Gasteiger partial charge in [0.2, 0.25) is 0 Å². The molecule has 0 heterocycles. The van der Waals surface area contributed by atoms with E-state index < -0.39 is 11.9 Å². The first-order chi connectivity index (χ1) is 9.90. The molecule has 2 aromatic carbocycles. The number of hydrogen-bond acceptors (Lipinski definition) is 2. The third kappa shape index (κ3) is 3.43. The average Bonchev–Trinajstić information content (AvgIpc) is 2.41. The monoisotopic (exact) mass is 367 g/mol. The van der Waals surface area contributed by atoms with Crippen molar-refractivity contribution < 1.29 is 14.7 Å². The molecule has 0 saturated carbocycles. The van der Waals surface area contributed by atoms with Gasteiger partial charge < -0.3 is 10.4 Å². The van der Waals surface area contributed by atoms with Crippen LogP contribution in [-0.2, 0) is 0 Å². The van der Waals surface area contributed by atoms with Gasteiger partial charge in [0.05, 0.1) is 10.7 Å². The van der Waals surface area contributed by atoms with Crippen LogP contribution in [0.1, 0.15) is 26.3 Å². The number of halogens is 2. The van der Waals surface area contributed by atoms with E-state index in [1.165, 1.54) is 12.1 Å². The molecule has 0 atom stereocenters. The molecule has 0 spiro atoms. The summed E-state index contributed by atoms with van der Waals surface area (Å²) in [6.07, 6.45) is 0. The van der Waals surface area contributed by atoms with Crippen LogP contribution >= 0.6 is 27.5 Å². The zero-order valence-electron chi connectivity index (χ0n) is 11.0. The van der Waals surface area contributed by atoms with E-state index in [1.807, 2.05) is 6.92 Å². The van der Waals surface area contributed by atoms with E-state index in [1.54, 1.807) is 24.3 Å². The second-order valence-electron chi connectivity index (χ2n) is 4.39. The van der Waals surface area contributed by atoms with Gasteiger partial charge >= 0.3 is 5.97 Å². The molecule has 6 heteroatoms. The molecular formula is C15H11BrClNO3. The molecular weight excluding hydrogens is 358 g/mol. The predicted molar refractivity (Wildman–Crippen MR) is 85.2 cm³/mol. The summed E-state index contributed by atoms with van der Waals surface area (Å²) in [5.74, 6) is -1.60. The Morgan fingerprint density at radius 2 is 1.95 bits per heavy atom. The van der Waals surface area contributed by atoms with Crippen LogP contribution in [0.4, 0.5) is 5.69 Å². The van der Waals surface area contributed by atoms with Crippen molar-refractivity contribution in [1.29, 1.82) is 0 Å². The molecule has 0 unspecified atom stereocenters. The van der Waals surface area contributed by atoms with Gasteiger partial charge in [0, 0.05) is 10.0 Å². The number of amides is 1. The first-order valence-corrected chi connectivity index (χ1v) is 7.16. The van der Waals surface area contributed by atoms with Gasteiger partial charge in [-0.15, -0.1) is 0 Å². The lowest BCUT2D eigenvalue weighted by Crippen LogP contribution is -2.15. The van der Waals surface area contributed by atoms with Crippen LogP contribution in [0.3, 0.4) is 0 Å². The molecule has 0 fully saturated rings. The zero-order valence-corrected chi connectivity index (χ0v) is 13.3. The maximum Gasteiger partial charge on any atom is 0.339 e. The van der Waals surface area contributed by atoms with E-state index in [4.69, 9.17) is 16.7 Å². The van der Waals surface area contributed by atoms with Gasteiger partial charge in [-0.25, -0.2) is 4.79 Å². The third-order valence-electron chi connectivity index (χ3n) is 2.91. The van der Waals surface area contributed by atoms with E-state index in [2.05, 4.69) is 21.2 Å². The Kier molecular flexibility index (Phi) is 4.65. The second kappa shape index (κ2) is 6.28. The first-order valence-electron chi connectivity index (χ1n) is 5.99. The Labute approximate surface area is 134 Å². The third-order valence-corrected chi connectivity index (χ3v) is 4.08. The van der Waals surface area contributed by atoms with Gasteiger partial charge in [-0.1, -0.05) is 39.7 Å². The second-order valence-corrected chi connectivity index (χ2v) is 5.65. The highest BCUT2D eigenvalue weighted by Crippen LogP contribution is 2.25. The summed E-state index contributed by atoms with van der Waals surface area (Å²) in [6, 6.07) is 9.68. The number of nitrogens with one attached hydrogen (secondary N) is 1. The summed E-state index contributed by atoms with van der Waals surface area (Å²) in [6.45, 7) is 1.91. The number of aryl methyl sites for hydroxylation is 1. The van der Waals surface area contributed by atoms with Gasteiger partial charge in [0.25, 0.3) is 5.91 Å². The van der Waals surface area contributed by atoms with E-state index >= 15 is 0 Å². The summed E-state index contributed by atoms with van der Waals surface area (Å²) >= 11 is 9.21. The van der Waals surface area contributed by atoms with Crippen molar-refractivity contribution in [2.45, 2.75) is 6.92 Å². The summed E-state index contributed by atoms with van der Waals surface area (Å²) in [7, 11) is 0. The molecule has 0 aliphatic rings.